The second-order valence-corrected chi connectivity index (χ2v) is 5.02. The van der Waals surface area contributed by atoms with Gasteiger partial charge in [-0.1, -0.05) is 25.9 Å². The summed E-state index contributed by atoms with van der Waals surface area (Å²) in [5.74, 6) is 1.28. The van der Waals surface area contributed by atoms with Crippen molar-refractivity contribution in [2.24, 2.45) is 11.1 Å². The van der Waals surface area contributed by atoms with Crippen molar-refractivity contribution in [1.29, 1.82) is 0 Å². The van der Waals surface area contributed by atoms with Crippen LogP contribution in [0.2, 0.25) is 0 Å². The molecule has 16 heavy (non-hydrogen) atoms. The predicted molar refractivity (Wildman–Crippen MR) is 61.0 cm³/mol. The summed E-state index contributed by atoms with van der Waals surface area (Å²) in [6.07, 6.45) is 1.29. The molecule has 92 valence electrons. The van der Waals surface area contributed by atoms with Crippen molar-refractivity contribution in [3.63, 3.8) is 0 Å². The van der Waals surface area contributed by atoms with E-state index >= 15 is 0 Å². The normalized spacial score (nSPS) is 14.1. The molecule has 1 atom stereocenters. The Morgan fingerprint density at radius 2 is 2.12 bits per heavy atom. The monoisotopic (exact) mass is 227 g/mol. The number of nitrogens with zero attached hydrogens (tertiary/aromatic N) is 2. The van der Waals surface area contributed by atoms with Gasteiger partial charge in [-0.2, -0.15) is 4.98 Å². The average molecular weight is 227 g/mol. The molecule has 0 bridgehead atoms. The molecule has 1 rings (SSSR count). The molecule has 0 amide bonds. The van der Waals surface area contributed by atoms with Crippen LogP contribution in [0.5, 0.6) is 0 Å². The minimum atomic E-state index is 0.0169. The van der Waals surface area contributed by atoms with E-state index in [1.165, 1.54) is 0 Å². The van der Waals surface area contributed by atoms with Crippen LogP contribution >= 0.6 is 0 Å². The van der Waals surface area contributed by atoms with Gasteiger partial charge in [0.05, 0.1) is 6.61 Å². The molecule has 1 heterocycles. The SMILES string of the molecule is COCCc1noc(CC(N)C(C)(C)C)n1. The molecule has 2 N–H and O–H groups in total. The van der Waals surface area contributed by atoms with Crippen LogP contribution in [0.4, 0.5) is 0 Å². The van der Waals surface area contributed by atoms with Gasteiger partial charge in [0.1, 0.15) is 0 Å². The molecule has 0 aromatic carbocycles. The second kappa shape index (κ2) is 5.41. The number of rotatable bonds is 5. The summed E-state index contributed by atoms with van der Waals surface area (Å²) in [6, 6.07) is 0.0169. The van der Waals surface area contributed by atoms with Crippen molar-refractivity contribution in [2.75, 3.05) is 13.7 Å². The summed E-state index contributed by atoms with van der Waals surface area (Å²) in [6.45, 7) is 6.89. The van der Waals surface area contributed by atoms with E-state index in [1.807, 2.05) is 0 Å². The first-order valence-electron chi connectivity index (χ1n) is 5.49. The first kappa shape index (κ1) is 13.1. The van der Waals surface area contributed by atoms with Crippen LogP contribution in [0.1, 0.15) is 32.5 Å². The van der Waals surface area contributed by atoms with Gasteiger partial charge in [0.15, 0.2) is 5.82 Å². The molecular weight excluding hydrogens is 206 g/mol. The van der Waals surface area contributed by atoms with Crippen LogP contribution < -0.4 is 5.73 Å². The fourth-order valence-electron chi connectivity index (χ4n) is 1.16. The van der Waals surface area contributed by atoms with E-state index in [0.29, 0.717) is 31.2 Å². The van der Waals surface area contributed by atoms with Gasteiger partial charge >= 0.3 is 0 Å². The van der Waals surface area contributed by atoms with Crippen LogP contribution in [0.25, 0.3) is 0 Å². The van der Waals surface area contributed by atoms with Crippen molar-refractivity contribution in [3.05, 3.63) is 11.7 Å². The first-order chi connectivity index (χ1) is 7.43. The van der Waals surface area contributed by atoms with E-state index in [9.17, 15) is 0 Å². The molecule has 0 saturated carbocycles. The Morgan fingerprint density at radius 3 is 2.69 bits per heavy atom. The van der Waals surface area contributed by atoms with E-state index < -0.39 is 0 Å². The summed E-state index contributed by atoms with van der Waals surface area (Å²) in [5.41, 5.74) is 6.08. The van der Waals surface area contributed by atoms with Crippen LogP contribution in [-0.2, 0) is 17.6 Å². The third kappa shape index (κ3) is 3.90. The van der Waals surface area contributed by atoms with Crippen LogP contribution in [0.15, 0.2) is 4.52 Å². The highest BCUT2D eigenvalue weighted by molar-refractivity contribution is 4.92. The molecule has 0 radical (unpaired) electrons. The van der Waals surface area contributed by atoms with E-state index in [4.69, 9.17) is 15.0 Å². The van der Waals surface area contributed by atoms with Crippen LogP contribution in [0.3, 0.4) is 0 Å². The highest BCUT2D eigenvalue weighted by Crippen LogP contribution is 2.20. The Hall–Kier alpha value is -0.940. The van der Waals surface area contributed by atoms with E-state index in [0.717, 1.165) is 0 Å². The summed E-state index contributed by atoms with van der Waals surface area (Å²) in [4.78, 5) is 4.26. The Balaban J connectivity index is 2.52. The van der Waals surface area contributed by atoms with Crippen LogP contribution in [0, 0.1) is 5.41 Å². The van der Waals surface area contributed by atoms with Crippen LogP contribution in [-0.4, -0.2) is 29.9 Å². The minimum absolute atomic E-state index is 0.0169. The van der Waals surface area contributed by atoms with Gasteiger partial charge in [-0.15, -0.1) is 0 Å². The van der Waals surface area contributed by atoms with E-state index in [1.54, 1.807) is 7.11 Å². The largest absolute Gasteiger partial charge is 0.384 e. The number of methoxy groups -OCH3 is 1. The maximum atomic E-state index is 6.04. The number of aromatic nitrogens is 2. The fraction of sp³-hybridized carbons (Fsp3) is 0.818. The summed E-state index contributed by atoms with van der Waals surface area (Å²) in [7, 11) is 1.65. The average Bonchev–Trinajstić information content (AvgIpc) is 2.61. The topological polar surface area (TPSA) is 74.2 Å². The maximum Gasteiger partial charge on any atom is 0.228 e. The number of nitrogens with two attached hydrogens (primary N) is 1. The molecule has 5 nitrogen and oxygen atoms in total. The van der Waals surface area contributed by atoms with E-state index in [2.05, 4.69) is 30.9 Å². The zero-order valence-electron chi connectivity index (χ0n) is 10.5. The number of hydrogen-bond donors (Lipinski definition) is 1. The van der Waals surface area contributed by atoms with Gasteiger partial charge in [0.2, 0.25) is 5.89 Å². The smallest absolute Gasteiger partial charge is 0.228 e. The number of ether oxygens (including phenoxy) is 1. The first-order valence-corrected chi connectivity index (χ1v) is 5.49. The molecule has 1 aromatic rings. The molecule has 0 spiro atoms. The van der Waals surface area contributed by atoms with Gasteiger partial charge in [0, 0.05) is 26.0 Å². The van der Waals surface area contributed by atoms with Gasteiger partial charge < -0.3 is 15.0 Å². The summed E-state index contributed by atoms with van der Waals surface area (Å²) < 4.78 is 10.1. The van der Waals surface area contributed by atoms with Crippen molar-refractivity contribution in [3.8, 4) is 0 Å². The molecule has 1 aromatic heterocycles. The highest BCUT2D eigenvalue weighted by Gasteiger charge is 2.23. The van der Waals surface area contributed by atoms with Gasteiger partial charge in [-0.05, 0) is 5.41 Å². The lowest BCUT2D eigenvalue weighted by molar-refractivity contribution is 0.199. The Labute approximate surface area is 96.4 Å². The van der Waals surface area contributed by atoms with Crippen molar-refractivity contribution < 1.29 is 9.26 Å². The second-order valence-electron chi connectivity index (χ2n) is 5.02. The Kier molecular flexibility index (Phi) is 4.44. The molecule has 1 unspecified atom stereocenters. The zero-order valence-corrected chi connectivity index (χ0v) is 10.5. The Morgan fingerprint density at radius 1 is 1.44 bits per heavy atom. The summed E-state index contributed by atoms with van der Waals surface area (Å²) >= 11 is 0. The molecular formula is C11H21N3O2. The van der Waals surface area contributed by atoms with Gasteiger partial charge in [-0.25, -0.2) is 0 Å². The Bertz CT molecular complexity index is 317. The molecule has 0 aliphatic heterocycles. The standard InChI is InChI=1S/C11H21N3O2/c1-11(2,3)8(12)7-10-13-9(14-16-10)5-6-15-4/h8H,5-7,12H2,1-4H3. The molecule has 0 aliphatic carbocycles. The predicted octanol–water partition coefficient (Wildman–Crippen LogP) is 1.17. The van der Waals surface area contributed by atoms with Crippen molar-refractivity contribution >= 4 is 0 Å². The van der Waals surface area contributed by atoms with Gasteiger partial charge in [-0.3, -0.25) is 0 Å². The van der Waals surface area contributed by atoms with Crippen molar-refractivity contribution in [1.82, 2.24) is 10.1 Å². The highest BCUT2D eigenvalue weighted by atomic mass is 16.5. The fourth-order valence-corrected chi connectivity index (χ4v) is 1.16. The third-order valence-electron chi connectivity index (χ3n) is 2.55. The summed E-state index contributed by atoms with van der Waals surface area (Å²) in [5, 5.41) is 3.87. The maximum absolute atomic E-state index is 6.04. The molecule has 0 fully saturated rings. The third-order valence-corrected chi connectivity index (χ3v) is 2.55. The zero-order chi connectivity index (χ0) is 12.2. The molecule has 5 heteroatoms. The minimum Gasteiger partial charge on any atom is -0.384 e. The molecule has 0 aliphatic rings. The van der Waals surface area contributed by atoms with Crippen molar-refractivity contribution in [2.45, 2.75) is 39.7 Å². The lowest BCUT2D eigenvalue weighted by Gasteiger charge is -2.25. The van der Waals surface area contributed by atoms with E-state index in [-0.39, 0.29) is 11.5 Å². The lowest BCUT2D eigenvalue weighted by atomic mass is 9.85. The quantitative estimate of drug-likeness (QED) is 0.817. The number of hydrogen-bond acceptors (Lipinski definition) is 5. The molecule has 0 saturated heterocycles. The lowest BCUT2D eigenvalue weighted by Crippen LogP contribution is -2.37. The van der Waals surface area contributed by atoms with Gasteiger partial charge in [0.25, 0.3) is 0 Å².